The molecule has 15 heavy (non-hydrogen) atoms. The number of hydrogen-bond donors (Lipinski definition) is 2. The summed E-state index contributed by atoms with van der Waals surface area (Å²) in [6.45, 7) is 5.45. The zero-order valence-corrected chi connectivity index (χ0v) is 9.44. The van der Waals surface area contributed by atoms with Crippen LogP contribution in [0, 0.1) is 5.92 Å². The Labute approximate surface area is 91.4 Å². The standard InChI is InChI=1S/C12H20N2O/c1-9(2)8-15-11-5-3-10(4-6-11)12(14)7-13/h3-6,9,12H,7-8,13-14H2,1-2H3/t12-/m1/s1. The van der Waals surface area contributed by atoms with E-state index < -0.39 is 0 Å². The maximum Gasteiger partial charge on any atom is 0.119 e. The van der Waals surface area contributed by atoms with Crippen molar-refractivity contribution in [3.63, 3.8) is 0 Å². The first-order chi connectivity index (χ1) is 7.13. The molecule has 0 saturated heterocycles. The molecule has 0 aliphatic heterocycles. The lowest BCUT2D eigenvalue weighted by Gasteiger charge is -2.11. The van der Waals surface area contributed by atoms with Gasteiger partial charge >= 0.3 is 0 Å². The predicted octanol–water partition coefficient (Wildman–Crippen LogP) is 1.68. The second-order valence-corrected chi connectivity index (χ2v) is 4.12. The molecule has 0 radical (unpaired) electrons. The SMILES string of the molecule is CC(C)COc1ccc([C@H](N)CN)cc1. The van der Waals surface area contributed by atoms with Crippen LogP contribution in [-0.4, -0.2) is 13.2 Å². The van der Waals surface area contributed by atoms with Crippen LogP contribution < -0.4 is 16.2 Å². The molecule has 0 saturated carbocycles. The van der Waals surface area contributed by atoms with Crippen LogP contribution in [0.15, 0.2) is 24.3 Å². The van der Waals surface area contributed by atoms with Gasteiger partial charge in [0.1, 0.15) is 5.75 Å². The average Bonchev–Trinajstić information content (AvgIpc) is 2.26. The summed E-state index contributed by atoms with van der Waals surface area (Å²) >= 11 is 0. The summed E-state index contributed by atoms with van der Waals surface area (Å²) in [4.78, 5) is 0. The third kappa shape index (κ3) is 3.90. The molecular formula is C12H20N2O. The molecule has 1 aromatic rings. The second-order valence-electron chi connectivity index (χ2n) is 4.12. The maximum absolute atomic E-state index is 5.80. The number of ether oxygens (including phenoxy) is 1. The van der Waals surface area contributed by atoms with Crippen molar-refractivity contribution in [3.8, 4) is 5.75 Å². The summed E-state index contributed by atoms with van der Waals surface area (Å²) in [5.74, 6) is 1.42. The van der Waals surface area contributed by atoms with Gasteiger partial charge in [0.05, 0.1) is 6.61 Å². The van der Waals surface area contributed by atoms with Crippen molar-refractivity contribution in [2.45, 2.75) is 19.9 Å². The van der Waals surface area contributed by atoms with Gasteiger partial charge in [-0.1, -0.05) is 26.0 Å². The highest BCUT2D eigenvalue weighted by Crippen LogP contribution is 2.16. The summed E-state index contributed by atoms with van der Waals surface area (Å²) in [5, 5.41) is 0. The first kappa shape index (κ1) is 12.0. The van der Waals surface area contributed by atoms with Crippen LogP contribution in [0.25, 0.3) is 0 Å². The van der Waals surface area contributed by atoms with Crippen molar-refractivity contribution in [3.05, 3.63) is 29.8 Å². The minimum absolute atomic E-state index is 0.0795. The zero-order chi connectivity index (χ0) is 11.3. The molecule has 0 aliphatic carbocycles. The summed E-state index contributed by atoms with van der Waals surface area (Å²) in [7, 11) is 0. The van der Waals surface area contributed by atoms with Crippen LogP contribution in [-0.2, 0) is 0 Å². The Morgan fingerprint density at radius 2 is 1.80 bits per heavy atom. The maximum atomic E-state index is 5.80. The predicted molar refractivity (Wildman–Crippen MR) is 62.8 cm³/mol. The van der Waals surface area contributed by atoms with Crippen LogP contribution >= 0.6 is 0 Å². The quantitative estimate of drug-likeness (QED) is 0.774. The van der Waals surface area contributed by atoms with Gasteiger partial charge in [0.15, 0.2) is 0 Å². The van der Waals surface area contributed by atoms with Crippen LogP contribution in [0.1, 0.15) is 25.5 Å². The molecule has 4 N–H and O–H groups in total. The highest BCUT2D eigenvalue weighted by Gasteiger charge is 2.03. The largest absolute Gasteiger partial charge is 0.493 e. The van der Waals surface area contributed by atoms with E-state index in [1.54, 1.807) is 0 Å². The van der Waals surface area contributed by atoms with Gasteiger partial charge in [-0.25, -0.2) is 0 Å². The summed E-state index contributed by atoms with van der Waals surface area (Å²) in [6, 6.07) is 7.73. The molecule has 84 valence electrons. The Morgan fingerprint density at radius 3 is 2.27 bits per heavy atom. The van der Waals surface area contributed by atoms with Crippen molar-refractivity contribution in [1.29, 1.82) is 0 Å². The summed E-state index contributed by atoms with van der Waals surface area (Å²) in [6.07, 6.45) is 0. The van der Waals surface area contributed by atoms with Crippen LogP contribution in [0.3, 0.4) is 0 Å². The van der Waals surface area contributed by atoms with E-state index in [0.29, 0.717) is 12.5 Å². The first-order valence-corrected chi connectivity index (χ1v) is 5.32. The third-order valence-electron chi connectivity index (χ3n) is 2.15. The highest BCUT2D eigenvalue weighted by molar-refractivity contribution is 5.29. The van der Waals surface area contributed by atoms with E-state index in [9.17, 15) is 0 Å². The Kier molecular flexibility index (Phi) is 4.59. The van der Waals surface area contributed by atoms with Gasteiger partial charge in [-0.3, -0.25) is 0 Å². The molecule has 1 rings (SSSR count). The van der Waals surface area contributed by atoms with Crippen molar-refractivity contribution in [2.75, 3.05) is 13.2 Å². The Balaban J connectivity index is 2.56. The van der Waals surface area contributed by atoms with Gasteiger partial charge in [0, 0.05) is 12.6 Å². The normalized spacial score (nSPS) is 12.9. The third-order valence-corrected chi connectivity index (χ3v) is 2.15. The molecule has 0 spiro atoms. The molecule has 0 aromatic heterocycles. The molecule has 0 amide bonds. The van der Waals surface area contributed by atoms with E-state index in [1.165, 1.54) is 0 Å². The van der Waals surface area contributed by atoms with Gasteiger partial charge in [-0.15, -0.1) is 0 Å². The van der Waals surface area contributed by atoms with Gasteiger partial charge in [-0.2, -0.15) is 0 Å². The van der Waals surface area contributed by atoms with Crippen LogP contribution in [0.2, 0.25) is 0 Å². The average molecular weight is 208 g/mol. The Morgan fingerprint density at radius 1 is 1.20 bits per heavy atom. The lowest BCUT2D eigenvalue weighted by Crippen LogP contribution is -2.20. The minimum atomic E-state index is -0.0795. The molecular weight excluding hydrogens is 188 g/mol. The van der Waals surface area contributed by atoms with Crippen molar-refractivity contribution in [1.82, 2.24) is 0 Å². The van der Waals surface area contributed by atoms with Gasteiger partial charge in [-0.05, 0) is 23.6 Å². The number of hydrogen-bond acceptors (Lipinski definition) is 3. The molecule has 1 aromatic carbocycles. The van der Waals surface area contributed by atoms with E-state index in [2.05, 4.69) is 13.8 Å². The molecule has 0 bridgehead atoms. The molecule has 3 heteroatoms. The van der Waals surface area contributed by atoms with E-state index in [-0.39, 0.29) is 6.04 Å². The van der Waals surface area contributed by atoms with Crippen LogP contribution in [0.5, 0.6) is 5.75 Å². The van der Waals surface area contributed by atoms with Crippen molar-refractivity contribution in [2.24, 2.45) is 17.4 Å². The fourth-order valence-electron chi connectivity index (χ4n) is 1.21. The van der Waals surface area contributed by atoms with Crippen molar-refractivity contribution < 1.29 is 4.74 Å². The fourth-order valence-corrected chi connectivity index (χ4v) is 1.21. The lowest BCUT2D eigenvalue weighted by atomic mass is 10.1. The number of nitrogens with two attached hydrogens (primary N) is 2. The van der Waals surface area contributed by atoms with E-state index >= 15 is 0 Å². The van der Waals surface area contributed by atoms with Gasteiger partial charge in [0.2, 0.25) is 0 Å². The molecule has 1 atom stereocenters. The summed E-state index contributed by atoms with van der Waals surface area (Å²) in [5.41, 5.74) is 12.3. The molecule has 0 heterocycles. The zero-order valence-electron chi connectivity index (χ0n) is 9.44. The Hall–Kier alpha value is -1.06. The molecule has 0 fully saturated rings. The number of rotatable bonds is 5. The van der Waals surface area contributed by atoms with Gasteiger partial charge in [0.25, 0.3) is 0 Å². The summed E-state index contributed by atoms with van der Waals surface area (Å²) < 4.78 is 5.56. The monoisotopic (exact) mass is 208 g/mol. The number of benzene rings is 1. The van der Waals surface area contributed by atoms with Gasteiger partial charge < -0.3 is 16.2 Å². The van der Waals surface area contributed by atoms with E-state index in [1.807, 2.05) is 24.3 Å². The molecule has 0 aliphatic rings. The topological polar surface area (TPSA) is 61.3 Å². The smallest absolute Gasteiger partial charge is 0.119 e. The van der Waals surface area contributed by atoms with Crippen LogP contribution in [0.4, 0.5) is 0 Å². The van der Waals surface area contributed by atoms with E-state index in [4.69, 9.17) is 16.2 Å². The second kappa shape index (κ2) is 5.73. The minimum Gasteiger partial charge on any atom is -0.493 e. The van der Waals surface area contributed by atoms with Crippen molar-refractivity contribution >= 4 is 0 Å². The lowest BCUT2D eigenvalue weighted by molar-refractivity contribution is 0.271. The first-order valence-electron chi connectivity index (χ1n) is 5.32. The Bertz CT molecular complexity index is 282. The molecule has 0 unspecified atom stereocenters. The highest BCUT2D eigenvalue weighted by atomic mass is 16.5. The fraction of sp³-hybridized carbons (Fsp3) is 0.500. The molecule has 3 nitrogen and oxygen atoms in total. The van der Waals surface area contributed by atoms with E-state index in [0.717, 1.165) is 17.9 Å².